The van der Waals surface area contributed by atoms with Crippen LogP contribution in [0, 0.1) is 6.92 Å². The van der Waals surface area contributed by atoms with Crippen LogP contribution in [-0.2, 0) is 0 Å². The van der Waals surface area contributed by atoms with Gasteiger partial charge in [-0.25, -0.2) is 0 Å². The Labute approximate surface area is 120 Å². The molecule has 0 spiro atoms. The van der Waals surface area contributed by atoms with E-state index in [1.807, 2.05) is 31.2 Å². The number of furan rings is 1. The van der Waals surface area contributed by atoms with Gasteiger partial charge in [0, 0.05) is 5.02 Å². The van der Waals surface area contributed by atoms with Crippen LogP contribution in [0.1, 0.15) is 23.1 Å². The normalized spacial score (nSPS) is 12.6. The Bertz CT molecular complexity index is 735. The summed E-state index contributed by atoms with van der Waals surface area (Å²) in [4.78, 5) is 4.28. The molecule has 0 aliphatic heterocycles. The van der Waals surface area contributed by atoms with Gasteiger partial charge in [0.15, 0.2) is 5.76 Å². The lowest BCUT2D eigenvalue weighted by Crippen LogP contribution is -2.12. The van der Waals surface area contributed by atoms with Crippen LogP contribution in [0.15, 0.2) is 45.5 Å². The number of aromatic nitrogens is 2. The Balaban J connectivity index is 1.95. The van der Waals surface area contributed by atoms with Crippen molar-refractivity contribution < 1.29 is 8.94 Å². The van der Waals surface area contributed by atoms with Crippen LogP contribution in [0.5, 0.6) is 0 Å². The molecule has 0 amide bonds. The van der Waals surface area contributed by atoms with E-state index in [4.69, 9.17) is 26.3 Å². The topological polar surface area (TPSA) is 78.1 Å². The molecule has 0 bridgehead atoms. The molecule has 0 aliphatic carbocycles. The van der Waals surface area contributed by atoms with Crippen molar-refractivity contribution in [2.24, 2.45) is 5.73 Å². The maximum atomic E-state index is 6.11. The zero-order chi connectivity index (χ0) is 14.1. The molecular formula is C14H12ClN3O2. The molecule has 0 fully saturated rings. The first kappa shape index (κ1) is 12.9. The Morgan fingerprint density at radius 3 is 2.75 bits per heavy atom. The van der Waals surface area contributed by atoms with Gasteiger partial charge in [-0.2, -0.15) is 4.98 Å². The van der Waals surface area contributed by atoms with E-state index in [-0.39, 0.29) is 0 Å². The number of aryl methyl sites for hydroxylation is 1. The van der Waals surface area contributed by atoms with Crippen LogP contribution in [0.4, 0.5) is 0 Å². The highest BCUT2D eigenvalue weighted by molar-refractivity contribution is 6.31. The number of hydrogen-bond acceptors (Lipinski definition) is 5. The summed E-state index contributed by atoms with van der Waals surface area (Å²) in [7, 11) is 0. The molecule has 1 atom stereocenters. The smallest absolute Gasteiger partial charge is 0.248 e. The SMILES string of the molecule is Cc1ccoc1-c1noc([C@H](N)c2ccccc2Cl)n1. The quantitative estimate of drug-likeness (QED) is 0.800. The van der Waals surface area contributed by atoms with Crippen molar-refractivity contribution in [3.05, 3.63) is 58.6 Å². The van der Waals surface area contributed by atoms with Crippen molar-refractivity contribution >= 4 is 11.6 Å². The first-order valence-electron chi connectivity index (χ1n) is 6.05. The molecule has 5 nitrogen and oxygen atoms in total. The highest BCUT2D eigenvalue weighted by Crippen LogP contribution is 2.27. The van der Waals surface area contributed by atoms with E-state index >= 15 is 0 Å². The van der Waals surface area contributed by atoms with Gasteiger partial charge in [0.2, 0.25) is 11.7 Å². The van der Waals surface area contributed by atoms with E-state index in [0.29, 0.717) is 22.5 Å². The highest BCUT2D eigenvalue weighted by atomic mass is 35.5. The van der Waals surface area contributed by atoms with Crippen LogP contribution >= 0.6 is 11.6 Å². The minimum absolute atomic E-state index is 0.295. The van der Waals surface area contributed by atoms with Crippen LogP contribution < -0.4 is 5.73 Å². The largest absolute Gasteiger partial charge is 0.461 e. The predicted octanol–water partition coefficient (Wildman–Crippen LogP) is 3.34. The standard InChI is InChI=1S/C14H12ClN3O2/c1-8-6-7-19-12(8)13-17-14(20-18-13)11(16)9-4-2-3-5-10(9)15/h2-7,11H,16H2,1H3/t11-/m1/s1. The lowest BCUT2D eigenvalue weighted by molar-refractivity contribution is 0.366. The second-order valence-corrected chi connectivity index (χ2v) is 4.80. The van der Waals surface area contributed by atoms with Crippen molar-refractivity contribution in [1.29, 1.82) is 0 Å². The lowest BCUT2D eigenvalue weighted by atomic mass is 10.1. The van der Waals surface area contributed by atoms with Gasteiger partial charge in [0.1, 0.15) is 6.04 Å². The molecule has 2 heterocycles. The summed E-state index contributed by atoms with van der Waals surface area (Å²) in [6.45, 7) is 1.91. The van der Waals surface area contributed by atoms with Crippen LogP contribution in [-0.4, -0.2) is 10.1 Å². The van der Waals surface area contributed by atoms with E-state index in [1.165, 1.54) is 0 Å². The summed E-state index contributed by atoms with van der Waals surface area (Å²) < 4.78 is 10.5. The molecule has 1 aromatic carbocycles. The number of hydrogen-bond donors (Lipinski definition) is 1. The maximum absolute atomic E-state index is 6.11. The molecule has 20 heavy (non-hydrogen) atoms. The molecule has 3 aromatic rings. The Morgan fingerprint density at radius 1 is 1.25 bits per heavy atom. The summed E-state index contributed by atoms with van der Waals surface area (Å²) in [5, 5.41) is 4.46. The lowest BCUT2D eigenvalue weighted by Gasteiger charge is -2.08. The fraction of sp³-hybridized carbons (Fsp3) is 0.143. The zero-order valence-electron chi connectivity index (χ0n) is 10.7. The summed E-state index contributed by atoms with van der Waals surface area (Å²) in [6.07, 6.45) is 1.58. The van der Waals surface area contributed by atoms with E-state index in [9.17, 15) is 0 Å². The van der Waals surface area contributed by atoms with Gasteiger partial charge in [0.05, 0.1) is 6.26 Å². The Morgan fingerprint density at radius 2 is 2.05 bits per heavy atom. The summed E-state index contributed by atoms with van der Waals surface area (Å²) in [5.41, 5.74) is 7.78. The molecule has 2 N–H and O–H groups in total. The van der Waals surface area contributed by atoms with Gasteiger partial charge in [-0.1, -0.05) is 35.0 Å². The summed E-state index contributed by atoms with van der Waals surface area (Å²) >= 11 is 6.11. The molecule has 3 rings (SSSR count). The van der Waals surface area contributed by atoms with Gasteiger partial charge >= 0.3 is 0 Å². The minimum Gasteiger partial charge on any atom is -0.461 e. The van der Waals surface area contributed by atoms with Crippen molar-refractivity contribution in [3.8, 4) is 11.6 Å². The predicted molar refractivity (Wildman–Crippen MR) is 74.2 cm³/mol. The van der Waals surface area contributed by atoms with Crippen molar-refractivity contribution in [3.63, 3.8) is 0 Å². The third-order valence-electron chi connectivity index (χ3n) is 3.01. The average Bonchev–Trinajstić information content (AvgIpc) is 3.07. The van der Waals surface area contributed by atoms with Crippen molar-refractivity contribution in [2.45, 2.75) is 13.0 Å². The number of benzene rings is 1. The number of nitrogens with two attached hydrogens (primary N) is 1. The first-order chi connectivity index (χ1) is 9.66. The number of nitrogens with zero attached hydrogens (tertiary/aromatic N) is 2. The molecule has 6 heteroatoms. The first-order valence-corrected chi connectivity index (χ1v) is 6.42. The highest BCUT2D eigenvalue weighted by Gasteiger charge is 2.21. The molecular weight excluding hydrogens is 278 g/mol. The average molecular weight is 290 g/mol. The number of rotatable bonds is 3. The van der Waals surface area contributed by atoms with Crippen LogP contribution in [0.2, 0.25) is 5.02 Å². The monoisotopic (exact) mass is 289 g/mol. The van der Waals surface area contributed by atoms with Gasteiger partial charge in [-0.05, 0) is 30.2 Å². The Hall–Kier alpha value is -2.11. The third kappa shape index (κ3) is 2.21. The second kappa shape index (κ2) is 5.11. The van der Waals surface area contributed by atoms with Crippen LogP contribution in [0.3, 0.4) is 0 Å². The molecule has 0 radical (unpaired) electrons. The molecule has 0 saturated heterocycles. The molecule has 0 unspecified atom stereocenters. The third-order valence-corrected chi connectivity index (χ3v) is 3.36. The van der Waals surface area contributed by atoms with E-state index in [1.54, 1.807) is 12.3 Å². The molecule has 102 valence electrons. The molecule has 0 aliphatic rings. The molecule has 0 saturated carbocycles. The molecule has 2 aromatic heterocycles. The fourth-order valence-corrected chi connectivity index (χ4v) is 2.17. The van der Waals surface area contributed by atoms with Gasteiger partial charge in [-0.15, -0.1) is 0 Å². The van der Waals surface area contributed by atoms with Crippen LogP contribution in [0.25, 0.3) is 11.6 Å². The second-order valence-electron chi connectivity index (χ2n) is 4.39. The summed E-state index contributed by atoms with van der Waals surface area (Å²) in [5.74, 6) is 1.25. The fourth-order valence-electron chi connectivity index (χ4n) is 1.92. The maximum Gasteiger partial charge on any atom is 0.248 e. The van der Waals surface area contributed by atoms with Crippen molar-refractivity contribution in [2.75, 3.05) is 0 Å². The summed E-state index contributed by atoms with van der Waals surface area (Å²) in [6, 6.07) is 8.55. The van der Waals surface area contributed by atoms with Gasteiger partial charge in [0.25, 0.3) is 0 Å². The number of halogens is 1. The van der Waals surface area contributed by atoms with Gasteiger partial charge in [-0.3, -0.25) is 0 Å². The zero-order valence-corrected chi connectivity index (χ0v) is 11.5. The van der Waals surface area contributed by atoms with Gasteiger partial charge < -0.3 is 14.7 Å². The van der Waals surface area contributed by atoms with E-state index in [0.717, 1.165) is 11.1 Å². The van der Waals surface area contributed by atoms with E-state index < -0.39 is 6.04 Å². The van der Waals surface area contributed by atoms with E-state index in [2.05, 4.69) is 10.1 Å². The minimum atomic E-state index is -0.569. The Kier molecular flexibility index (Phi) is 3.30. The van der Waals surface area contributed by atoms with Crippen molar-refractivity contribution in [1.82, 2.24) is 10.1 Å².